The maximum atomic E-state index is 8.64. The summed E-state index contributed by atoms with van der Waals surface area (Å²) in [4.78, 5) is 0. The van der Waals surface area contributed by atoms with Crippen LogP contribution in [0.15, 0.2) is 0 Å². The molecule has 0 aromatic rings. The van der Waals surface area contributed by atoms with Crippen LogP contribution in [-0.2, 0) is 0 Å². The highest BCUT2D eigenvalue weighted by atomic mass is 16.3. The van der Waals surface area contributed by atoms with Gasteiger partial charge in [-0.1, -0.05) is 103 Å². The topological polar surface area (TPSA) is 32.3 Å². The lowest BCUT2D eigenvalue weighted by atomic mass is 10.0. The SMILES string of the molecule is CCCCCCCCCCCCCCCCCCNCCO. The Balaban J connectivity index is 2.91. The Bertz CT molecular complexity index is 165. The number of nitrogens with one attached hydrogen (secondary N) is 1. The van der Waals surface area contributed by atoms with Gasteiger partial charge < -0.3 is 10.4 Å². The van der Waals surface area contributed by atoms with Crippen LogP contribution in [0.3, 0.4) is 0 Å². The Labute approximate surface area is 140 Å². The van der Waals surface area contributed by atoms with Crippen LogP contribution in [-0.4, -0.2) is 24.8 Å². The summed E-state index contributed by atoms with van der Waals surface area (Å²) in [6.07, 6.45) is 22.8. The van der Waals surface area contributed by atoms with Gasteiger partial charge in [-0.05, 0) is 13.0 Å². The molecule has 0 radical (unpaired) electrons. The number of rotatable bonds is 19. The standard InChI is InChI=1S/C20H43NO/c1-2-3-4-5-6-7-8-9-10-11-12-13-14-15-16-17-18-21-19-20-22/h21-22H,2-20H2,1H3. The minimum atomic E-state index is 0.263. The fraction of sp³-hybridized carbons (Fsp3) is 1.00. The number of unbranched alkanes of at least 4 members (excludes halogenated alkanes) is 15. The molecule has 0 amide bonds. The molecule has 0 aliphatic rings. The van der Waals surface area contributed by atoms with Gasteiger partial charge in [-0.15, -0.1) is 0 Å². The molecular weight excluding hydrogens is 270 g/mol. The minimum absolute atomic E-state index is 0.263. The Morgan fingerprint density at radius 2 is 0.864 bits per heavy atom. The van der Waals surface area contributed by atoms with Gasteiger partial charge in [-0.2, -0.15) is 0 Å². The second-order valence-corrected chi connectivity index (χ2v) is 6.78. The van der Waals surface area contributed by atoms with E-state index < -0.39 is 0 Å². The van der Waals surface area contributed by atoms with E-state index in [0.29, 0.717) is 0 Å². The summed E-state index contributed by atoms with van der Waals surface area (Å²) < 4.78 is 0. The van der Waals surface area contributed by atoms with Crippen molar-refractivity contribution in [2.45, 2.75) is 110 Å². The highest BCUT2D eigenvalue weighted by Gasteiger charge is 1.94. The third kappa shape index (κ3) is 19.9. The lowest BCUT2D eigenvalue weighted by Crippen LogP contribution is -2.19. The maximum absolute atomic E-state index is 8.64. The van der Waals surface area contributed by atoms with Crippen molar-refractivity contribution in [3.63, 3.8) is 0 Å². The molecule has 0 aliphatic heterocycles. The van der Waals surface area contributed by atoms with E-state index in [1.807, 2.05) is 0 Å². The van der Waals surface area contributed by atoms with Gasteiger partial charge in [0.2, 0.25) is 0 Å². The van der Waals surface area contributed by atoms with E-state index in [1.54, 1.807) is 0 Å². The van der Waals surface area contributed by atoms with Gasteiger partial charge in [0, 0.05) is 6.54 Å². The molecular formula is C20H43NO. The fourth-order valence-electron chi connectivity index (χ4n) is 3.00. The highest BCUT2D eigenvalue weighted by molar-refractivity contribution is 4.51. The molecule has 22 heavy (non-hydrogen) atoms. The minimum Gasteiger partial charge on any atom is -0.395 e. The fourth-order valence-corrected chi connectivity index (χ4v) is 3.00. The van der Waals surface area contributed by atoms with Gasteiger partial charge in [0.1, 0.15) is 0 Å². The molecule has 0 rings (SSSR count). The molecule has 2 heteroatoms. The van der Waals surface area contributed by atoms with Crippen molar-refractivity contribution in [2.75, 3.05) is 19.7 Å². The lowest BCUT2D eigenvalue weighted by Gasteiger charge is -2.04. The van der Waals surface area contributed by atoms with Crippen LogP contribution in [0.25, 0.3) is 0 Å². The molecule has 2 nitrogen and oxygen atoms in total. The van der Waals surface area contributed by atoms with Crippen LogP contribution in [0.4, 0.5) is 0 Å². The summed E-state index contributed by atoms with van der Waals surface area (Å²) in [5.41, 5.74) is 0. The van der Waals surface area contributed by atoms with E-state index in [-0.39, 0.29) is 6.61 Å². The largest absolute Gasteiger partial charge is 0.395 e. The first-order valence-corrected chi connectivity index (χ1v) is 10.2. The predicted molar refractivity (Wildman–Crippen MR) is 99.5 cm³/mol. The summed E-state index contributed by atoms with van der Waals surface area (Å²) in [6.45, 7) is 4.37. The smallest absolute Gasteiger partial charge is 0.0555 e. The molecule has 0 unspecified atom stereocenters. The molecule has 134 valence electrons. The van der Waals surface area contributed by atoms with Crippen molar-refractivity contribution in [2.24, 2.45) is 0 Å². The van der Waals surface area contributed by atoms with Gasteiger partial charge in [-0.25, -0.2) is 0 Å². The molecule has 0 saturated carbocycles. The molecule has 0 bridgehead atoms. The van der Waals surface area contributed by atoms with Crippen LogP contribution < -0.4 is 5.32 Å². The van der Waals surface area contributed by atoms with Gasteiger partial charge in [0.05, 0.1) is 6.61 Å². The zero-order valence-corrected chi connectivity index (χ0v) is 15.4. The quantitative estimate of drug-likeness (QED) is 0.294. The van der Waals surface area contributed by atoms with E-state index in [1.165, 1.54) is 103 Å². The van der Waals surface area contributed by atoms with Crippen molar-refractivity contribution in [3.8, 4) is 0 Å². The van der Waals surface area contributed by atoms with Gasteiger partial charge in [0.25, 0.3) is 0 Å². The van der Waals surface area contributed by atoms with Crippen molar-refractivity contribution < 1.29 is 5.11 Å². The normalized spacial score (nSPS) is 11.2. The molecule has 0 aromatic heterocycles. The number of hydrogen-bond acceptors (Lipinski definition) is 2. The molecule has 0 saturated heterocycles. The summed E-state index contributed by atoms with van der Waals surface area (Å²) in [5, 5.41) is 11.9. The maximum Gasteiger partial charge on any atom is 0.0555 e. The molecule has 0 aliphatic carbocycles. The van der Waals surface area contributed by atoms with E-state index >= 15 is 0 Å². The summed E-state index contributed by atoms with van der Waals surface area (Å²) in [6, 6.07) is 0. The Kier molecular flexibility index (Phi) is 20.8. The summed E-state index contributed by atoms with van der Waals surface area (Å²) in [5.74, 6) is 0. The Hall–Kier alpha value is -0.0800. The first-order chi connectivity index (χ1) is 10.9. The molecule has 0 atom stereocenters. The van der Waals surface area contributed by atoms with Crippen LogP contribution in [0, 0.1) is 0 Å². The van der Waals surface area contributed by atoms with Crippen LogP contribution >= 0.6 is 0 Å². The third-order valence-electron chi connectivity index (χ3n) is 4.50. The number of hydrogen-bond donors (Lipinski definition) is 2. The van der Waals surface area contributed by atoms with Crippen LogP contribution in [0.5, 0.6) is 0 Å². The molecule has 2 N–H and O–H groups in total. The van der Waals surface area contributed by atoms with E-state index in [2.05, 4.69) is 12.2 Å². The predicted octanol–water partition coefficient (Wildman–Crippen LogP) is 5.83. The molecule has 0 spiro atoms. The zero-order chi connectivity index (χ0) is 16.1. The second kappa shape index (κ2) is 20.9. The molecule has 0 fully saturated rings. The number of aliphatic hydroxyl groups is 1. The number of aliphatic hydroxyl groups excluding tert-OH is 1. The summed E-state index contributed by atoms with van der Waals surface area (Å²) in [7, 11) is 0. The van der Waals surface area contributed by atoms with E-state index in [4.69, 9.17) is 5.11 Å². The van der Waals surface area contributed by atoms with Gasteiger partial charge in [-0.3, -0.25) is 0 Å². The van der Waals surface area contributed by atoms with Gasteiger partial charge >= 0.3 is 0 Å². The van der Waals surface area contributed by atoms with Crippen molar-refractivity contribution in [3.05, 3.63) is 0 Å². The highest BCUT2D eigenvalue weighted by Crippen LogP contribution is 2.13. The van der Waals surface area contributed by atoms with Crippen LogP contribution in [0.1, 0.15) is 110 Å². The summed E-state index contributed by atoms with van der Waals surface area (Å²) >= 11 is 0. The Morgan fingerprint density at radius 3 is 1.23 bits per heavy atom. The van der Waals surface area contributed by atoms with Gasteiger partial charge in [0.15, 0.2) is 0 Å². The van der Waals surface area contributed by atoms with Crippen molar-refractivity contribution in [1.82, 2.24) is 5.32 Å². The van der Waals surface area contributed by atoms with Crippen LogP contribution in [0.2, 0.25) is 0 Å². The van der Waals surface area contributed by atoms with E-state index in [9.17, 15) is 0 Å². The van der Waals surface area contributed by atoms with E-state index in [0.717, 1.165) is 13.1 Å². The first-order valence-electron chi connectivity index (χ1n) is 10.2. The molecule has 0 heterocycles. The average molecular weight is 314 g/mol. The second-order valence-electron chi connectivity index (χ2n) is 6.78. The monoisotopic (exact) mass is 313 g/mol. The first kappa shape index (κ1) is 21.9. The molecule has 0 aromatic carbocycles. The zero-order valence-electron chi connectivity index (χ0n) is 15.4. The average Bonchev–Trinajstić information content (AvgIpc) is 2.54. The van der Waals surface area contributed by atoms with Crippen molar-refractivity contribution >= 4 is 0 Å². The third-order valence-corrected chi connectivity index (χ3v) is 4.50. The lowest BCUT2D eigenvalue weighted by molar-refractivity contribution is 0.292. The Morgan fingerprint density at radius 1 is 0.500 bits per heavy atom. The van der Waals surface area contributed by atoms with Crippen molar-refractivity contribution in [1.29, 1.82) is 0 Å².